The Kier molecular flexibility index (Phi) is 3.32. The molecule has 0 fully saturated rings. The molecule has 0 amide bonds. The van der Waals surface area contributed by atoms with Crippen molar-refractivity contribution < 1.29 is 24.2 Å². The first-order valence-electron chi connectivity index (χ1n) is 5.97. The van der Waals surface area contributed by atoms with E-state index in [2.05, 4.69) is 0 Å². The van der Waals surface area contributed by atoms with E-state index in [4.69, 9.17) is 9.39 Å². The topological polar surface area (TPSA) is 76.0 Å². The van der Waals surface area contributed by atoms with Gasteiger partial charge < -0.3 is 19.4 Å². The second kappa shape index (κ2) is 4.63. The molecule has 1 aliphatic rings. The van der Waals surface area contributed by atoms with Crippen LogP contribution >= 0.6 is 0 Å². The summed E-state index contributed by atoms with van der Waals surface area (Å²) in [6.07, 6.45) is 1.50. The quantitative estimate of drug-likeness (QED) is 0.625. The second-order valence-corrected chi connectivity index (χ2v) is 4.53. The van der Waals surface area contributed by atoms with Gasteiger partial charge in [-0.1, -0.05) is 25.7 Å². The highest BCUT2D eigenvalue weighted by Crippen LogP contribution is 2.44. The molecule has 0 saturated carbocycles. The van der Waals surface area contributed by atoms with Crippen LogP contribution in [0, 0.1) is 0 Å². The third-order valence-corrected chi connectivity index (χ3v) is 3.36. The Labute approximate surface area is 105 Å². The van der Waals surface area contributed by atoms with Gasteiger partial charge in [-0.05, 0) is 17.5 Å². The van der Waals surface area contributed by atoms with Gasteiger partial charge in [-0.15, -0.1) is 0 Å². The van der Waals surface area contributed by atoms with Crippen molar-refractivity contribution in [2.24, 2.45) is 0 Å². The van der Waals surface area contributed by atoms with Gasteiger partial charge in [0.15, 0.2) is 6.29 Å². The van der Waals surface area contributed by atoms with Crippen molar-refractivity contribution in [3.63, 3.8) is 0 Å². The molecule has 0 saturated heterocycles. The largest absolute Gasteiger partial charge is 0.669 e. The number of hydrogen-bond donors (Lipinski definition) is 2. The average Bonchev–Trinajstić information content (AvgIpc) is 2.35. The van der Waals surface area contributed by atoms with Gasteiger partial charge in [0.1, 0.15) is 5.75 Å². The highest BCUT2D eigenvalue weighted by Gasteiger charge is 2.35. The molecule has 0 aliphatic carbocycles. The van der Waals surface area contributed by atoms with Gasteiger partial charge in [0.2, 0.25) is 0 Å². The van der Waals surface area contributed by atoms with E-state index >= 15 is 0 Å². The number of aldehydes is 1. The second-order valence-electron chi connectivity index (χ2n) is 4.53. The molecule has 1 atom stereocenters. The number of carbonyl (C=O) groups is 1. The maximum absolute atomic E-state index is 11.1. The van der Waals surface area contributed by atoms with Gasteiger partial charge >= 0.3 is 6.75 Å². The maximum Gasteiger partial charge on any atom is 0.431 e. The molecule has 0 spiro atoms. The lowest BCUT2D eigenvalue weighted by atomic mass is 9.64. The first kappa shape index (κ1) is 12.9. The average molecular weight is 251 g/mol. The summed E-state index contributed by atoms with van der Waals surface area (Å²) in [4.78, 5) is 11.1. The van der Waals surface area contributed by atoms with Crippen molar-refractivity contribution in [3.8, 4) is 11.5 Å². The summed E-state index contributed by atoms with van der Waals surface area (Å²) in [6.45, 7) is -0.952. The van der Waals surface area contributed by atoms with Crippen LogP contribution in [0.3, 0.4) is 0 Å². The number of benzene rings is 1. The molecule has 5 nitrogen and oxygen atoms in total. The van der Waals surface area contributed by atoms with Crippen LogP contribution in [0.15, 0.2) is 12.1 Å². The van der Waals surface area contributed by atoms with Crippen molar-refractivity contribution >= 4 is 13.0 Å². The van der Waals surface area contributed by atoms with Gasteiger partial charge in [-0.25, -0.2) is 0 Å². The summed E-state index contributed by atoms with van der Waals surface area (Å²) in [5.41, 5.74) is 1.04. The lowest BCUT2D eigenvalue weighted by Gasteiger charge is -2.41. The predicted octanol–water partition coefficient (Wildman–Crippen LogP) is 1.32. The molecule has 98 valence electrons. The lowest BCUT2D eigenvalue weighted by molar-refractivity contribution is 0.111. The fourth-order valence-corrected chi connectivity index (χ4v) is 2.46. The van der Waals surface area contributed by atoms with E-state index in [-0.39, 0.29) is 23.6 Å². The van der Waals surface area contributed by atoms with Gasteiger partial charge in [-0.2, -0.15) is 0 Å². The summed E-state index contributed by atoms with van der Waals surface area (Å²) in [7, 11) is 1.45. The minimum Gasteiger partial charge on any atom is -0.669 e. The molecule has 0 bridgehead atoms. The number of carbonyl (C=O) groups excluding carboxylic acids is 1. The number of ether oxygens (including phenoxy) is 1. The summed E-state index contributed by atoms with van der Waals surface area (Å²) < 4.78 is 10.3. The van der Waals surface area contributed by atoms with Gasteiger partial charge in [0, 0.05) is 0 Å². The summed E-state index contributed by atoms with van der Waals surface area (Å²) >= 11 is 0. The van der Waals surface area contributed by atoms with Gasteiger partial charge in [0.05, 0.1) is 18.4 Å². The standard InChI is InChI=1S/C12H16BO5/c1-3-8-6-13(15,16)18-12-9(8)4-5-11(17-2)10(12)7-14/h4-5,7-8,15-16H,3,6H2,1-2H3/q-1. The smallest absolute Gasteiger partial charge is 0.431 e. The molecule has 1 aliphatic heterocycles. The highest BCUT2D eigenvalue weighted by molar-refractivity contribution is 6.59. The number of hydrogen-bond acceptors (Lipinski definition) is 5. The Morgan fingerprint density at radius 2 is 2.28 bits per heavy atom. The molecule has 1 heterocycles. The monoisotopic (exact) mass is 251 g/mol. The lowest BCUT2D eigenvalue weighted by Crippen LogP contribution is -2.46. The highest BCUT2D eigenvalue weighted by atomic mass is 16.6. The fourth-order valence-electron chi connectivity index (χ4n) is 2.46. The van der Waals surface area contributed by atoms with Crippen LogP contribution in [0.1, 0.15) is 35.2 Å². The van der Waals surface area contributed by atoms with E-state index < -0.39 is 6.75 Å². The van der Waals surface area contributed by atoms with Crippen LogP contribution < -0.4 is 9.39 Å². The summed E-state index contributed by atoms with van der Waals surface area (Å²) in [6, 6.07) is 3.50. The van der Waals surface area contributed by atoms with Crippen LogP contribution in [0.4, 0.5) is 0 Å². The zero-order chi connectivity index (χ0) is 13.3. The minimum atomic E-state index is -2.91. The zero-order valence-electron chi connectivity index (χ0n) is 10.4. The Morgan fingerprint density at radius 1 is 1.56 bits per heavy atom. The number of methoxy groups -OCH3 is 1. The molecule has 6 heteroatoms. The van der Waals surface area contributed by atoms with Crippen LogP contribution in [0.2, 0.25) is 6.32 Å². The SMILES string of the molecule is CCC1C[B-](O)(O)Oc2c1ccc(OC)c2C=O. The molecule has 0 radical (unpaired) electrons. The maximum atomic E-state index is 11.1. The third-order valence-electron chi connectivity index (χ3n) is 3.36. The number of fused-ring (bicyclic) bond motifs is 1. The van der Waals surface area contributed by atoms with E-state index in [9.17, 15) is 14.8 Å². The van der Waals surface area contributed by atoms with Crippen molar-refractivity contribution in [1.82, 2.24) is 0 Å². The van der Waals surface area contributed by atoms with E-state index in [0.717, 1.165) is 12.0 Å². The predicted molar refractivity (Wildman–Crippen MR) is 67.0 cm³/mol. The van der Waals surface area contributed by atoms with Crippen LogP contribution in [-0.4, -0.2) is 30.2 Å². The molecule has 0 aromatic heterocycles. The molecule has 1 unspecified atom stereocenters. The first-order valence-corrected chi connectivity index (χ1v) is 5.97. The fraction of sp³-hybridized carbons (Fsp3) is 0.417. The summed E-state index contributed by atoms with van der Waals surface area (Å²) in [5, 5.41) is 19.5. The van der Waals surface area contributed by atoms with Gasteiger partial charge in [-0.3, -0.25) is 4.79 Å². The molecular formula is C12H16BO5-. The van der Waals surface area contributed by atoms with E-state index in [1.54, 1.807) is 12.1 Å². The Bertz CT molecular complexity index is 472. The zero-order valence-corrected chi connectivity index (χ0v) is 10.4. The Hall–Kier alpha value is -1.53. The molecular weight excluding hydrogens is 235 g/mol. The normalized spacial score (nSPS) is 20.8. The van der Waals surface area contributed by atoms with E-state index in [0.29, 0.717) is 12.0 Å². The van der Waals surface area contributed by atoms with E-state index in [1.807, 2.05) is 6.92 Å². The van der Waals surface area contributed by atoms with E-state index in [1.165, 1.54) is 7.11 Å². The Balaban J connectivity index is 2.60. The molecule has 2 N–H and O–H groups in total. The van der Waals surface area contributed by atoms with Crippen LogP contribution in [-0.2, 0) is 0 Å². The summed E-state index contributed by atoms with van der Waals surface area (Å²) in [5.74, 6) is 0.563. The van der Waals surface area contributed by atoms with Crippen LogP contribution in [0.5, 0.6) is 11.5 Å². The van der Waals surface area contributed by atoms with Gasteiger partial charge in [0.25, 0.3) is 0 Å². The van der Waals surface area contributed by atoms with Crippen LogP contribution in [0.25, 0.3) is 0 Å². The van der Waals surface area contributed by atoms with Crippen molar-refractivity contribution in [2.45, 2.75) is 25.6 Å². The third kappa shape index (κ3) is 2.09. The molecule has 1 aromatic rings. The van der Waals surface area contributed by atoms with Crippen molar-refractivity contribution in [3.05, 3.63) is 23.3 Å². The Morgan fingerprint density at radius 3 is 2.83 bits per heavy atom. The van der Waals surface area contributed by atoms with Crippen molar-refractivity contribution in [1.29, 1.82) is 0 Å². The minimum absolute atomic E-state index is 0.0339. The molecule has 2 rings (SSSR count). The number of rotatable bonds is 3. The molecule has 18 heavy (non-hydrogen) atoms. The molecule has 1 aromatic carbocycles. The first-order chi connectivity index (χ1) is 8.52. The van der Waals surface area contributed by atoms with Crippen molar-refractivity contribution in [2.75, 3.05) is 7.11 Å².